The Morgan fingerprint density at radius 3 is 2.89 bits per heavy atom. The third kappa shape index (κ3) is 3.47. The molecule has 0 bridgehead atoms. The lowest BCUT2D eigenvalue weighted by Crippen LogP contribution is -2.52. The molecule has 0 radical (unpaired) electrons. The van der Waals surface area contributed by atoms with Gasteiger partial charge in [0.1, 0.15) is 6.04 Å². The van der Waals surface area contributed by atoms with Gasteiger partial charge in [-0.3, -0.25) is 19.7 Å². The van der Waals surface area contributed by atoms with Gasteiger partial charge in [-0.25, -0.2) is 0 Å². The number of nitrogens with zero attached hydrogens (tertiary/aromatic N) is 1. The van der Waals surface area contributed by atoms with Crippen LogP contribution in [-0.2, 0) is 27.4 Å². The number of hydrogen-bond acceptors (Lipinski definition) is 6. The first-order valence-corrected chi connectivity index (χ1v) is 9.36. The fourth-order valence-corrected chi connectivity index (χ4v) is 4.02. The first-order valence-electron chi connectivity index (χ1n) is 9.36. The highest BCUT2D eigenvalue weighted by molar-refractivity contribution is 6.05. The maximum Gasteiger partial charge on any atom is 0.255 e. The molecular weight excluding hydrogens is 348 g/mol. The summed E-state index contributed by atoms with van der Waals surface area (Å²) in [5, 5.41) is 5.77. The number of benzene rings is 1. The van der Waals surface area contributed by atoms with Crippen LogP contribution in [0.2, 0.25) is 0 Å². The zero-order chi connectivity index (χ0) is 19.0. The van der Waals surface area contributed by atoms with E-state index in [1.807, 2.05) is 12.1 Å². The second-order valence-corrected chi connectivity index (χ2v) is 7.36. The molecule has 4 N–H and O–H groups in total. The predicted molar refractivity (Wildman–Crippen MR) is 96.5 cm³/mol. The summed E-state index contributed by atoms with van der Waals surface area (Å²) in [6.07, 6.45) is 1.45. The summed E-state index contributed by atoms with van der Waals surface area (Å²) < 4.78 is 5.49. The van der Waals surface area contributed by atoms with E-state index in [0.29, 0.717) is 38.3 Å². The first kappa shape index (κ1) is 18.1. The first-order chi connectivity index (χ1) is 13.0. The molecule has 3 amide bonds. The zero-order valence-electron chi connectivity index (χ0n) is 15.1. The van der Waals surface area contributed by atoms with E-state index < -0.39 is 11.9 Å². The Morgan fingerprint density at radius 1 is 1.26 bits per heavy atom. The third-order valence-corrected chi connectivity index (χ3v) is 5.64. The van der Waals surface area contributed by atoms with Crippen molar-refractivity contribution in [3.8, 4) is 0 Å². The van der Waals surface area contributed by atoms with Crippen LogP contribution in [0.4, 0.5) is 0 Å². The SMILES string of the molecule is N[C@@H]1CCOC[C@@H]1NCc1cccc2c1CN(C1CCC(=O)NC1=O)C2=O. The number of piperidine rings is 1. The minimum absolute atomic E-state index is 0.0529. The van der Waals surface area contributed by atoms with E-state index in [4.69, 9.17) is 10.5 Å². The normalized spacial score (nSPS) is 28.3. The minimum atomic E-state index is -0.594. The van der Waals surface area contributed by atoms with Crippen molar-refractivity contribution in [1.82, 2.24) is 15.5 Å². The van der Waals surface area contributed by atoms with Crippen molar-refractivity contribution in [3.05, 3.63) is 34.9 Å². The number of carbonyl (C=O) groups is 3. The number of ether oxygens (including phenoxy) is 1. The maximum absolute atomic E-state index is 12.8. The molecule has 3 aliphatic heterocycles. The molecule has 3 atom stereocenters. The van der Waals surface area contributed by atoms with E-state index in [1.165, 1.54) is 0 Å². The Kier molecular flexibility index (Phi) is 4.94. The predicted octanol–water partition coefficient (Wildman–Crippen LogP) is -0.347. The highest BCUT2D eigenvalue weighted by Gasteiger charge is 2.39. The summed E-state index contributed by atoms with van der Waals surface area (Å²) >= 11 is 0. The quantitative estimate of drug-likeness (QED) is 0.623. The highest BCUT2D eigenvalue weighted by Crippen LogP contribution is 2.29. The zero-order valence-corrected chi connectivity index (χ0v) is 15.1. The summed E-state index contributed by atoms with van der Waals surface area (Å²) in [7, 11) is 0. The van der Waals surface area contributed by atoms with Crippen LogP contribution in [0.3, 0.4) is 0 Å². The monoisotopic (exact) mass is 372 g/mol. The number of hydrogen-bond donors (Lipinski definition) is 3. The number of nitrogens with one attached hydrogen (secondary N) is 2. The second-order valence-electron chi connectivity index (χ2n) is 7.36. The van der Waals surface area contributed by atoms with Crippen molar-refractivity contribution in [3.63, 3.8) is 0 Å². The summed E-state index contributed by atoms with van der Waals surface area (Å²) in [6.45, 7) is 2.24. The molecule has 0 aromatic heterocycles. The Bertz CT molecular complexity index is 781. The molecule has 4 rings (SSSR count). The van der Waals surface area contributed by atoms with E-state index >= 15 is 0 Å². The molecule has 8 heteroatoms. The molecule has 0 aliphatic carbocycles. The van der Waals surface area contributed by atoms with Gasteiger partial charge in [0.05, 0.1) is 6.61 Å². The van der Waals surface area contributed by atoms with Gasteiger partial charge >= 0.3 is 0 Å². The number of carbonyl (C=O) groups excluding carboxylic acids is 3. The minimum Gasteiger partial charge on any atom is -0.380 e. The van der Waals surface area contributed by atoms with E-state index in [-0.39, 0.29) is 30.3 Å². The van der Waals surface area contributed by atoms with E-state index in [9.17, 15) is 14.4 Å². The molecule has 1 aromatic rings. The summed E-state index contributed by atoms with van der Waals surface area (Å²) in [6, 6.07) is 5.18. The van der Waals surface area contributed by atoms with Crippen LogP contribution in [0.25, 0.3) is 0 Å². The number of imide groups is 1. The largest absolute Gasteiger partial charge is 0.380 e. The molecule has 3 heterocycles. The molecule has 1 aromatic carbocycles. The van der Waals surface area contributed by atoms with Crippen molar-refractivity contribution in [2.24, 2.45) is 5.73 Å². The van der Waals surface area contributed by atoms with Gasteiger partial charge in [-0.05, 0) is 30.0 Å². The molecule has 2 fully saturated rings. The summed E-state index contributed by atoms with van der Waals surface area (Å²) in [5.74, 6) is -0.826. The van der Waals surface area contributed by atoms with E-state index in [1.54, 1.807) is 11.0 Å². The molecule has 3 aliphatic rings. The van der Waals surface area contributed by atoms with Gasteiger partial charge < -0.3 is 20.7 Å². The van der Waals surface area contributed by atoms with Gasteiger partial charge in [0, 0.05) is 43.8 Å². The molecule has 8 nitrogen and oxygen atoms in total. The Hall–Kier alpha value is -2.29. The van der Waals surface area contributed by atoms with Crippen LogP contribution in [-0.4, -0.2) is 54.0 Å². The van der Waals surface area contributed by atoms with Gasteiger partial charge in [-0.1, -0.05) is 12.1 Å². The number of nitrogens with two attached hydrogens (primary N) is 1. The highest BCUT2D eigenvalue weighted by atomic mass is 16.5. The molecule has 0 saturated carbocycles. The van der Waals surface area contributed by atoms with Crippen LogP contribution < -0.4 is 16.4 Å². The van der Waals surface area contributed by atoms with E-state index in [2.05, 4.69) is 10.6 Å². The molecular formula is C19H24N4O4. The molecule has 0 spiro atoms. The van der Waals surface area contributed by atoms with Crippen molar-refractivity contribution >= 4 is 17.7 Å². The lowest BCUT2D eigenvalue weighted by molar-refractivity contribution is -0.136. The lowest BCUT2D eigenvalue weighted by atomic mass is 10.0. The lowest BCUT2D eigenvalue weighted by Gasteiger charge is -2.30. The maximum atomic E-state index is 12.8. The van der Waals surface area contributed by atoms with Gasteiger partial charge in [0.15, 0.2) is 0 Å². The Morgan fingerprint density at radius 2 is 2.11 bits per heavy atom. The van der Waals surface area contributed by atoms with Crippen molar-refractivity contribution < 1.29 is 19.1 Å². The standard InChI is InChI=1S/C19H24N4O4/c20-14-6-7-27-10-15(14)21-8-11-2-1-3-12-13(11)9-23(19(12)26)16-4-5-17(24)22-18(16)25/h1-3,14-16,21H,4-10,20H2,(H,22,24,25)/t14-,15+,16?/m1/s1. The third-order valence-electron chi connectivity index (χ3n) is 5.64. The Balaban J connectivity index is 1.49. The van der Waals surface area contributed by atoms with Gasteiger partial charge in [0.25, 0.3) is 5.91 Å². The van der Waals surface area contributed by atoms with Crippen LogP contribution in [0, 0.1) is 0 Å². The van der Waals surface area contributed by atoms with Crippen LogP contribution in [0.1, 0.15) is 40.7 Å². The Labute approximate surface area is 157 Å². The van der Waals surface area contributed by atoms with Gasteiger partial charge in [-0.15, -0.1) is 0 Å². The topological polar surface area (TPSA) is 114 Å². The smallest absolute Gasteiger partial charge is 0.255 e. The molecule has 1 unspecified atom stereocenters. The second kappa shape index (κ2) is 7.38. The molecule has 144 valence electrons. The fourth-order valence-electron chi connectivity index (χ4n) is 4.02. The summed E-state index contributed by atoms with van der Waals surface area (Å²) in [5.41, 5.74) is 8.73. The van der Waals surface area contributed by atoms with Crippen LogP contribution in [0.5, 0.6) is 0 Å². The molecule has 2 saturated heterocycles. The van der Waals surface area contributed by atoms with Crippen molar-refractivity contribution in [2.75, 3.05) is 13.2 Å². The van der Waals surface area contributed by atoms with Crippen LogP contribution >= 0.6 is 0 Å². The summed E-state index contributed by atoms with van der Waals surface area (Å²) in [4.78, 5) is 38.0. The average Bonchev–Trinajstić information content (AvgIpc) is 2.98. The van der Waals surface area contributed by atoms with Crippen molar-refractivity contribution in [2.45, 2.75) is 50.5 Å². The number of amides is 3. The average molecular weight is 372 g/mol. The van der Waals surface area contributed by atoms with Gasteiger partial charge in [-0.2, -0.15) is 0 Å². The number of rotatable bonds is 4. The van der Waals surface area contributed by atoms with Gasteiger partial charge in [0.2, 0.25) is 11.8 Å². The van der Waals surface area contributed by atoms with E-state index in [0.717, 1.165) is 17.5 Å². The molecule has 27 heavy (non-hydrogen) atoms. The number of fused-ring (bicyclic) bond motifs is 1. The van der Waals surface area contributed by atoms with Crippen LogP contribution in [0.15, 0.2) is 18.2 Å². The fraction of sp³-hybridized carbons (Fsp3) is 0.526. The van der Waals surface area contributed by atoms with Crippen molar-refractivity contribution in [1.29, 1.82) is 0 Å².